The molecule has 3 atom stereocenters. The second kappa shape index (κ2) is 5.69. The van der Waals surface area contributed by atoms with Crippen LogP contribution in [0.4, 0.5) is 4.79 Å². The lowest BCUT2D eigenvalue weighted by molar-refractivity contribution is -0.118. The van der Waals surface area contributed by atoms with Crippen molar-refractivity contribution in [3.8, 4) is 0 Å². The number of carbonyl (C=O) groups is 2. The van der Waals surface area contributed by atoms with Crippen molar-refractivity contribution in [2.24, 2.45) is 0 Å². The fourth-order valence-corrected chi connectivity index (χ4v) is 5.01. The van der Waals surface area contributed by atoms with Gasteiger partial charge < -0.3 is 4.74 Å². The Morgan fingerprint density at radius 3 is 2.28 bits per heavy atom. The minimum atomic E-state index is -3.90. The molecule has 7 heteroatoms. The largest absolute Gasteiger partial charge is 0.444 e. The van der Waals surface area contributed by atoms with Gasteiger partial charge in [-0.2, -0.15) is 0 Å². The summed E-state index contributed by atoms with van der Waals surface area (Å²) >= 11 is 0. The summed E-state index contributed by atoms with van der Waals surface area (Å²) in [6.45, 7) is 7.02. The zero-order chi connectivity index (χ0) is 18.6. The van der Waals surface area contributed by atoms with Gasteiger partial charge in [0.25, 0.3) is 0 Å². The van der Waals surface area contributed by atoms with E-state index in [1.807, 2.05) is 6.92 Å². The van der Waals surface area contributed by atoms with Crippen molar-refractivity contribution in [3.05, 3.63) is 42.0 Å². The molecule has 0 N–H and O–H groups in total. The lowest BCUT2D eigenvalue weighted by Gasteiger charge is -2.27. The quantitative estimate of drug-likeness (QED) is 0.753. The van der Waals surface area contributed by atoms with E-state index in [-0.39, 0.29) is 4.90 Å². The van der Waals surface area contributed by atoms with E-state index in [1.54, 1.807) is 45.1 Å². The minimum absolute atomic E-state index is 0.0848. The van der Waals surface area contributed by atoms with Gasteiger partial charge in [-0.05, 0) is 39.8 Å². The van der Waals surface area contributed by atoms with Gasteiger partial charge in [-0.25, -0.2) is 13.2 Å². The number of amides is 1. The molecule has 1 fully saturated rings. The maximum Gasteiger partial charge on any atom is 0.411 e. The number of benzene rings is 1. The highest BCUT2D eigenvalue weighted by atomic mass is 32.2. The topological polar surface area (TPSA) is 80.8 Å². The van der Waals surface area contributed by atoms with Crippen LogP contribution in [0.5, 0.6) is 0 Å². The van der Waals surface area contributed by atoms with Crippen LogP contribution in [0.3, 0.4) is 0 Å². The average molecular weight is 363 g/mol. The fraction of sp³-hybridized carbons (Fsp3) is 0.444. The molecule has 0 aliphatic carbocycles. The summed E-state index contributed by atoms with van der Waals surface area (Å²) in [7, 11) is -3.90. The maximum atomic E-state index is 13.0. The number of sulfone groups is 1. The van der Waals surface area contributed by atoms with E-state index in [2.05, 4.69) is 0 Å². The van der Waals surface area contributed by atoms with Gasteiger partial charge in [-0.3, -0.25) is 9.69 Å². The van der Waals surface area contributed by atoms with E-state index in [0.29, 0.717) is 0 Å². The van der Waals surface area contributed by atoms with Gasteiger partial charge in [0.1, 0.15) is 11.6 Å². The molecule has 2 bridgehead atoms. The third kappa shape index (κ3) is 2.97. The summed E-state index contributed by atoms with van der Waals surface area (Å²) < 4.78 is 31.3. The van der Waals surface area contributed by atoms with Crippen molar-refractivity contribution in [1.29, 1.82) is 0 Å². The first kappa shape index (κ1) is 17.7. The molecule has 1 aromatic rings. The van der Waals surface area contributed by atoms with E-state index in [9.17, 15) is 18.0 Å². The van der Waals surface area contributed by atoms with Crippen molar-refractivity contribution in [3.63, 3.8) is 0 Å². The first-order valence-corrected chi connectivity index (χ1v) is 9.61. The smallest absolute Gasteiger partial charge is 0.411 e. The number of hydrogen-bond acceptors (Lipinski definition) is 5. The summed E-state index contributed by atoms with van der Waals surface area (Å²) in [6, 6.07) is 4.64. The van der Waals surface area contributed by atoms with Gasteiger partial charge in [0.2, 0.25) is 0 Å². The molecule has 1 amide bonds. The molecule has 3 rings (SSSR count). The van der Waals surface area contributed by atoms with Crippen LogP contribution < -0.4 is 0 Å². The number of aryl methyl sites for hydroxylation is 1. The zero-order valence-electron chi connectivity index (χ0n) is 14.6. The van der Waals surface area contributed by atoms with Gasteiger partial charge in [-0.1, -0.05) is 29.8 Å². The van der Waals surface area contributed by atoms with E-state index in [4.69, 9.17) is 4.74 Å². The molecule has 0 radical (unpaired) electrons. The maximum absolute atomic E-state index is 13.0. The van der Waals surface area contributed by atoms with Gasteiger partial charge in [-0.15, -0.1) is 0 Å². The van der Waals surface area contributed by atoms with Gasteiger partial charge in [0, 0.05) is 0 Å². The summed E-state index contributed by atoms with van der Waals surface area (Å²) in [5.41, 5.74) is 0.196. The SMILES string of the molecule is Cc1ccc(S(=O)(=O)C2C(=O)[C@H]3C=C[C@@H]2N3C(=O)OC(C)(C)C)cc1. The van der Waals surface area contributed by atoms with Crippen LogP contribution >= 0.6 is 0 Å². The van der Waals surface area contributed by atoms with Crippen LogP contribution in [0.25, 0.3) is 0 Å². The predicted octanol–water partition coefficient (Wildman–Crippen LogP) is 2.26. The summed E-state index contributed by atoms with van der Waals surface area (Å²) in [5.74, 6) is -0.487. The summed E-state index contributed by atoms with van der Waals surface area (Å²) in [4.78, 5) is 26.4. The van der Waals surface area contributed by atoms with Crippen LogP contribution in [0, 0.1) is 6.92 Å². The number of hydrogen-bond donors (Lipinski definition) is 0. The van der Waals surface area contributed by atoms with Crippen LogP contribution in [-0.2, 0) is 19.4 Å². The third-order valence-corrected chi connectivity index (χ3v) is 6.39. The molecule has 0 aromatic heterocycles. The van der Waals surface area contributed by atoms with Crippen LogP contribution in [0.2, 0.25) is 0 Å². The first-order valence-electron chi connectivity index (χ1n) is 8.06. The van der Waals surface area contributed by atoms with E-state index >= 15 is 0 Å². The Hall–Kier alpha value is -2.15. The fourth-order valence-electron chi connectivity index (χ4n) is 3.17. The van der Waals surface area contributed by atoms with Crippen molar-refractivity contribution < 1.29 is 22.7 Å². The second-order valence-electron chi connectivity index (χ2n) is 7.39. The van der Waals surface area contributed by atoms with E-state index in [1.165, 1.54) is 17.0 Å². The number of carbonyl (C=O) groups excluding carboxylic acids is 2. The van der Waals surface area contributed by atoms with Crippen molar-refractivity contribution in [1.82, 2.24) is 4.90 Å². The van der Waals surface area contributed by atoms with Crippen LogP contribution in [0.15, 0.2) is 41.3 Å². The molecule has 6 nitrogen and oxygen atoms in total. The second-order valence-corrected chi connectivity index (χ2v) is 9.46. The molecule has 1 unspecified atom stereocenters. The summed E-state index contributed by atoms with van der Waals surface area (Å²) in [5, 5.41) is -1.29. The molecule has 1 aromatic carbocycles. The number of ketones is 1. The Morgan fingerprint density at radius 1 is 1.12 bits per heavy atom. The Bertz CT molecular complexity index is 848. The van der Waals surface area contributed by atoms with Crippen molar-refractivity contribution >= 4 is 21.7 Å². The Kier molecular flexibility index (Phi) is 4.02. The highest BCUT2D eigenvalue weighted by molar-refractivity contribution is 7.93. The lowest BCUT2D eigenvalue weighted by Crippen LogP contribution is -2.43. The molecule has 2 aliphatic heterocycles. The van der Waals surface area contributed by atoms with Crippen LogP contribution in [0.1, 0.15) is 26.3 Å². The van der Waals surface area contributed by atoms with Gasteiger partial charge in [0.05, 0.1) is 10.9 Å². The number of rotatable bonds is 2. The molecule has 2 aliphatic rings. The number of Topliss-reactive ketones (excluding diaryl/α,β-unsaturated/α-hetero) is 1. The van der Waals surface area contributed by atoms with Gasteiger partial charge in [0.15, 0.2) is 20.9 Å². The normalized spacial score (nSPS) is 25.5. The zero-order valence-corrected chi connectivity index (χ0v) is 15.4. The molecule has 25 heavy (non-hydrogen) atoms. The molecule has 1 saturated heterocycles. The van der Waals surface area contributed by atoms with Gasteiger partial charge >= 0.3 is 6.09 Å². The van der Waals surface area contributed by atoms with E-state index in [0.717, 1.165) is 5.56 Å². The van der Waals surface area contributed by atoms with Crippen molar-refractivity contribution in [2.45, 2.75) is 55.5 Å². The third-order valence-electron chi connectivity index (χ3n) is 4.28. The Morgan fingerprint density at radius 2 is 1.72 bits per heavy atom. The highest BCUT2D eigenvalue weighted by Gasteiger charge is 2.58. The Labute approximate surface area is 147 Å². The molecule has 0 saturated carbocycles. The highest BCUT2D eigenvalue weighted by Crippen LogP contribution is 2.37. The monoisotopic (exact) mass is 363 g/mol. The van der Waals surface area contributed by atoms with Crippen molar-refractivity contribution in [2.75, 3.05) is 0 Å². The number of ether oxygens (including phenoxy) is 1. The molecular weight excluding hydrogens is 342 g/mol. The van der Waals surface area contributed by atoms with E-state index < -0.39 is 44.6 Å². The molecule has 0 spiro atoms. The first-order chi connectivity index (χ1) is 11.5. The van der Waals surface area contributed by atoms with Crippen LogP contribution in [-0.4, -0.2) is 48.1 Å². The number of fused-ring (bicyclic) bond motifs is 2. The predicted molar refractivity (Wildman–Crippen MR) is 91.9 cm³/mol. The minimum Gasteiger partial charge on any atom is -0.444 e. The number of nitrogens with zero attached hydrogens (tertiary/aromatic N) is 1. The lowest BCUT2D eigenvalue weighted by atomic mass is 10.1. The molecule has 134 valence electrons. The Balaban J connectivity index is 1.94. The average Bonchev–Trinajstić information content (AvgIpc) is 3.01. The standard InChI is InChI=1S/C18H21NO5S/c1-11-5-7-12(8-6-11)25(22,23)16-14-10-9-13(15(16)20)19(14)17(21)24-18(2,3)4/h5-10,13-14,16H,1-4H3/t13-,14+,16?/m1/s1. The summed E-state index contributed by atoms with van der Waals surface area (Å²) in [6.07, 6.45) is 2.49. The molecular formula is C18H21NO5S. The molecule has 2 heterocycles.